The van der Waals surface area contributed by atoms with Gasteiger partial charge in [-0.05, 0) is 24.8 Å². The zero-order chi connectivity index (χ0) is 20.6. The van der Waals surface area contributed by atoms with E-state index in [1.54, 1.807) is 10.9 Å². The van der Waals surface area contributed by atoms with Gasteiger partial charge in [-0.2, -0.15) is 0 Å². The first-order valence-corrected chi connectivity index (χ1v) is 9.86. The highest BCUT2D eigenvalue weighted by atomic mass is 32.1. The van der Waals surface area contributed by atoms with Crippen LogP contribution in [0.5, 0.6) is 0 Å². The van der Waals surface area contributed by atoms with E-state index in [4.69, 9.17) is 17.0 Å². The van der Waals surface area contributed by atoms with Crippen LogP contribution < -0.4 is 5.32 Å². The number of nitrogens with one attached hydrogen (secondary N) is 1. The van der Waals surface area contributed by atoms with Crippen LogP contribution in [0, 0.1) is 0 Å². The molecule has 8 nitrogen and oxygen atoms in total. The van der Waals surface area contributed by atoms with E-state index in [9.17, 15) is 10.2 Å². The van der Waals surface area contributed by atoms with Gasteiger partial charge in [0.25, 0.3) is 0 Å². The van der Waals surface area contributed by atoms with Crippen LogP contribution in [-0.4, -0.2) is 53.4 Å². The molecule has 152 valence electrons. The van der Waals surface area contributed by atoms with E-state index in [1.165, 1.54) is 11.7 Å². The lowest BCUT2D eigenvalue weighted by molar-refractivity contribution is -0.0324. The van der Waals surface area contributed by atoms with Crippen molar-refractivity contribution in [1.82, 2.24) is 19.5 Å². The summed E-state index contributed by atoms with van der Waals surface area (Å²) >= 11 is 4.86. The van der Waals surface area contributed by atoms with Crippen molar-refractivity contribution in [2.75, 3.05) is 5.32 Å². The smallest absolute Gasteiger partial charge is 0.167 e. The second-order valence-corrected chi connectivity index (χ2v) is 7.94. The van der Waals surface area contributed by atoms with Gasteiger partial charge in [0.15, 0.2) is 23.2 Å². The fraction of sp³-hybridized carbons (Fsp3) is 0.400. The molecule has 0 amide bonds. The fourth-order valence-corrected chi connectivity index (χ4v) is 3.79. The molecule has 1 fully saturated rings. The highest BCUT2D eigenvalue weighted by molar-refractivity contribution is 7.78. The molecule has 0 aliphatic carbocycles. The van der Waals surface area contributed by atoms with Gasteiger partial charge in [-0.15, -0.1) is 0 Å². The SMILES string of the molecule is CC(C)(Nc1ncnc2c1ncn2[C@@H]1O[C@H](CC=S)[C@@H](O)[C@H]1O)c1ccccc1. The van der Waals surface area contributed by atoms with Crippen LogP contribution >= 0.6 is 12.2 Å². The Bertz CT molecular complexity index is 1010. The highest BCUT2D eigenvalue weighted by Crippen LogP contribution is 2.34. The minimum absolute atomic E-state index is 0.365. The van der Waals surface area contributed by atoms with Crippen molar-refractivity contribution in [2.45, 2.75) is 50.3 Å². The summed E-state index contributed by atoms with van der Waals surface area (Å²) in [7, 11) is 0. The summed E-state index contributed by atoms with van der Waals surface area (Å²) < 4.78 is 7.45. The van der Waals surface area contributed by atoms with E-state index < -0.39 is 30.1 Å². The van der Waals surface area contributed by atoms with E-state index >= 15 is 0 Å². The Morgan fingerprint density at radius 2 is 1.93 bits per heavy atom. The molecule has 2 aromatic heterocycles. The van der Waals surface area contributed by atoms with Crippen molar-refractivity contribution in [3.05, 3.63) is 48.5 Å². The molecule has 3 heterocycles. The average Bonchev–Trinajstić information content (AvgIpc) is 3.26. The summed E-state index contributed by atoms with van der Waals surface area (Å²) in [5.41, 5.74) is 1.77. The van der Waals surface area contributed by atoms with Crippen LogP contribution in [0.15, 0.2) is 43.0 Å². The number of aromatic nitrogens is 4. The lowest BCUT2D eigenvalue weighted by atomic mass is 9.94. The summed E-state index contributed by atoms with van der Waals surface area (Å²) in [6.07, 6.45) is -0.172. The molecule has 0 saturated carbocycles. The Morgan fingerprint density at radius 1 is 1.17 bits per heavy atom. The van der Waals surface area contributed by atoms with Crippen LogP contribution in [0.4, 0.5) is 5.82 Å². The molecule has 29 heavy (non-hydrogen) atoms. The van der Waals surface area contributed by atoms with Crippen molar-refractivity contribution < 1.29 is 14.9 Å². The lowest BCUT2D eigenvalue weighted by Gasteiger charge is -2.27. The Balaban J connectivity index is 1.67. The van der Waals surface area contributed by atoms with Crippen LogP contribution in [0.3, 0.4) is 0 Å². The number of nitrogens with zero attached hydrogens (tertiary/aromatic N) is 4. The molecule has 4 rings (SSSR count). The number of anilines is 1. The molecule has 3 aromatic rings. The second kappa shape index (κ2) is 7.75. The third-order valence-corrected chi connectivity index (χ3v) is 5.42. The number of thiocarbonyl (C=S) groups is 1. The van der Waals surface area contributed by atoms with Gasteiger partial charge in [-0.25, -0.2) is 15.0 Å². The van der Waals surface area contributed by atoms with Gasteiger partial charge in [0.05, 0.1) is 18.0 Å². The molecule has 1 saturated heterocycles. The quantitative estimate of drug-likeness (QED) is 0.528. The van der Waals surface area contributed by atoms with E-state index in [0.717, 1.165) is 5.56 Å². The number of aliphatic hydroxyl groups is 2. The average molecular weight is 414 g/mol. The Kier molecular flexibility index (Phi) is 5.30. The van der Waals surface area contributed by atoms with Crippen LogP contribution in [0.2, 0.25) is 0 Å². The number of imidazole rings is 1. The van der Waals surface area contributed by atoms with E-state index in [-0.39, 0.29) is 0 Å². The Labute approximate surface area is 173 Å². The topological polar surface area (TPSA) is 105 Å². The standard InChI is InChI=1S/C20H23N5O3S/c1-20(2,12-6-4-3-5-7-12)24-17-14-18(22-10-21-17)25(11-23-14)19-16(27)15(26)13(28-19)8-9-29/h3-7,9-11,13,15-16,19,26-27H,8H2,1-2H3,(H,21,22,24)/t13-,15-,16-,19-/m1/s1. The van der Waals surface area contributed by atoms with E-state index in [2.05, 4.69) is 34.1 Å². The summed E-state index contributed by atoms with van der Waals surface area (Å²) in [6, 6.07) is 10.0. The van der Waals surface area contributed by atoms with Gasteiger partial charge in [0, 0.05) is 6.42 Å². The number of fused-ring (bicyclic) bond motifs is 1. The van der Waals surface area contributed by atoms with Gasteiger partial charge in [-0.1, -0.05) is 42.5 Å². The number of benzene rings is 1. The predicted molar refractivity (Wildman–Crippen MR) is 113 cm³/mol. The number of hydrogen-bond acceptors (Lipinski definition) is 8. The molecule has 3 N–H and O–H groups in total. The van der Waals surface area contributed by atoms with Crippen LogP contribution in [0.1, 0.15) is 32.1 Å². The van der Waals surface area contributed by atoms with Gasteiger partial charge in [-0.3, -0.25) is 4.57 Å². The molecule has 0 bridgehead atoms. The van der Waals surface area contributed by atoms with E-state index in [1.807, 2.05) is 30.3 Å². The van der Waals surface area contributed by atoms with Gasteiger partial charge in [0.2, 0.25) is 0 Å². The fourth-order valence-electron chi connectivity index (χ4n) is 3.60. The maximum absolute atomic E-state index is 10.5. The summed E-state index contributed by atoms with van der Waals surface area (Å²) in [6.45, 7) is 4.12. The molecule has 0 radical (unpaired) electrons. The minimum atomic E-state index is -1.11. The molecule has 1 aliphatic heterocycles. The van der Waals surface area contributed by atoms with Gasteiger partial charge >= 0.3 is 0 Å². The van der Waals surface area contributed by atoms with Crippen LogP contribution in [-0.2, 0) is 10.3 Å². The maximum Gasteiger partial charge on any atom is 0.167 e. The van der Waals surface area contributed by atoms with Crippen molar-refractivity contribution in [1.29, 1.82) is 0 Å². The summed E-state index contributed by atoms with van der Waals surface area (Å²) in [5.74, 6) is 0.575. The normalized spacial score (nSPS) is 24.7. The number of hydrogen-bond donors (Lipinski definition) is 3. The first-order chi connectivity index (χ1) is 13.9. The Hall–Kier alpha value is -2.46. The highest BCUT2D eigenvalue weighted by Gasteiger charge is 2.43. The third kappa shape index (κ3) is 3.62. The van der Waals surface area contributed by atoms with E-state index in [0.29, 0.717) is 23.4 Å². The van der Waals surface area contributed by atoms with Crippen LogP contribution in [0.25, 0.3) is 11.2 Å². The van der Waals surface area contributed by atoms with Gasteiger partial charge in [0.1, 0.15) is 18.5 Å². The monoisotopic (exact) mass is 413 g/mol. The lowest BCUT2D eigenvalue weighted by Crippen LogP contribution is -2.31. The summed E-state index contributed by atoms with van der Waals surface area (Å²) in [5, 5.41) is 25.6. The largest absolute Gasteiger partial charge is 0.388 e. The number of aliphatic hydroxyl groups excluding tert-OH is 2. The van der Waals surface area contributed by atoms with Gasteiger partial charge < -0.3 is 20.3 Å². The molecule has 4 atom stereocenters. The Morgan fingerprint density at radius 3 is 2.66 bits per heavy atom. The predicted octanol–water partition coefficient (Wildman–Crippen LogP) is 2.18. The zero-order valence-electron chi connectivity index (χ0n) is 16.1. The summed E-state index contributed by atoms with van der Waals surface area (Å²) in [4.78, 5) is 13.1. The first-order valence-electron chi connectivity index (χ1n) is 9.39. The molecule has 1 aromatic carbocycles. The van der Waals surface area contributed by atoms with Crippen molar-refractivity contribution in [2.24, 2.45) is 0 Å². The molecule has 1 aliphatic rings. The first kappa shape index (κ1) is 19.8. The third-order valence-electron chi connectivity index (χ3n) is 5.23. The number of ether oxygens (including phenoxy) is 1. The second-order valence-electron chi connectivity index (χ2n) is 7.61. The molecule has 9 heteroatoms. The zero-order valence-corrected chi connectivity index (χ0v) is 17.0. The molecular formula is C20H23N5O3S. The minimum Gasteiger partial charge on any atom is -0.388 e. The number of rotatable bonds is 6. The maximum atomic E-state index is 10.5. The van der Waals surface area contributed by atoms with Crippen molar-refractivity contribution in [3.63, 3.8) is 0 Å². The molecule has 0 spiro atoms. The molecule has 0 unspecified atom stereocenters. The molecular weight excluding hydrogens is 390 g/mol. The van der Waals surface area contributed by atoms with Crippen molar-refractivity contribution in [3.8, 4) is 0 Å². The van der Waals surface area contributed by atoms with Crippen molar-refractivity contribution >= 4 is 34.6 Å².